The highest BCUT2D eigenvalue weighted by Gasteiger charge is 2.38. The molecule has 0 atom stereocenters. The average molecular weight is 281 g/mol. The Hall–Kier alpha value is -1.88. The van der Waals surface area contributed by atoms with Gasteiger partial charge in [0, 0.05) is 6.04 Å². The largest absolute Gasteiger partial charge is 0.352 e. The first-order valence-corrected chi connectivity index (χ1v) is 6.23. The summed E-state index contributed by atoms with van der Waals surface area (Å²) >= 11 is 5.92. The SMILES string of the molecule is CC(C)NC(=O)CN1C(=O)C(=O)c2c(Cl)cccc21. The van der Waals surface area contributed by atoms with E-state index >= 15 is 0 Å². The van der Waals surface area contributed by atoms with Crippen molar-refractivity contribution in [2.24, 2.45) is 0 Å². The van der Waals surface area contributed by atoms with E-state index in [1.54, 1.807) is 18.2 Å². The molecule has 0 fully saturated rings. The van der Waals surface area contributed by atoms with Gasteiger partial charge < -0.3 is 5.32 Å². The number of ketones is 1. The molecule has 100 valence electrons. The van der Waals surface area contributed by atoms with E-state index in [1.807, 2.05) is 13.8 Å². The number of nitrogens with one attached hydrogen (secondary N) is 1. The Labute approximate surface area is 115 Å². The zero-order valence-electron chi connectivity index (χ0n) is 10.6. The standard InChI is InChI=1S/C13H13ClN2O3/c1-7(2)15-10(17)6-16-9-5-3-4-8(14)11(9)12(18)13(16)19/h3-5,7H,6H2,1-2H3,(H,15,17). The van der Waals surface area contributed by atoms with Gasteiger partial charge in [-0.2, -0.15) is 0 Å². The number of benzene rings is 1. The summed E-state index contributed by atoms with van der Waals surface area (Å²) in [6.07, 6.45) is 0. The molecule has 19 heavy (non-hydrogen) atoms. The average Bonchev–Trinajstić information content (AvgIpc) is 2.55. The van der Waals surface area contributed by atoms with E-state index in [0.717, 1.165) is 4.90 Å². The van der Waals surface area contributed by atoms with Crippen LogP contribution in [-0.2, 0) is 9.59 Å². The van der Waals surface area contributed by atoms with Gasteiger partial charge in [-0.1, -0.05) is 17.7 Å². The number of fused-ring (bicyclic) bond motifs is 1. The Morgan fingerprint density at radius 1 is 1.37 bits per heavy atom. The summed E-state index contributed by atoms with van der Waals surface area (Å²) in [4.78, 5) is 36.6. The third kappa shape index (κ3) is 2.46. The number of anilines is 1. The van der Waals surface area contributed by atoms with E-state index < -0.39 is 11.7 Å². The molecule has 0 spiro atoms. The van der Waals surface area contributed by atoms with Crippen molar-refractivity contribution in [1.82, 2.24) is 5.32 Å². The van der Waals surface area contributed by atoms with E-state index in [0.29, 0.717) is 5.69 Å². The molecule has 0 aromatic heterocycles. The number of carbonyl (C=O) groups excluding carboxylic acids is 3. The number of Topliss-reactive ketones (excluding diaryl/α,β-unsaturated/α-hetero) is 1. The predicted molar refractivity (Wildman–Crippen MR) is 71.4 cm³/mol. The monoisotopic (exact) mass is 280 g/mol. The maximum Gasteiger partial charge on any atom is 0.300 e. The number of halogens is 1. The van der Waals surface area contributed by atoms with Gasteiger partial charge in [-0.25, -0.2) is 0 Å². The first-order chi connectivity index (χ1) is 8.91. The number of carbonyl (C=O) groups is 3. The molecule has 1 aromatic carbocycles. The van der Waals surface area contributed by atoms with Crippen LogP contribution in [0, 0.1) is 0 Å². The lowest BCUT2D eigenvalue weighted by Gasteiger charge is -2.17. The normalized spacial score (nSPS) is 14.0. The van der Waals surface area contributed by atoms with Crippen LogP contribution in [0.3, 0.4) is 0 Å². The van der Waals surface area contributed by atoms with Crippen LogP contribution in [-0.4, -0.2) is 30.2 Å². The Bertz CT molecular complexity index is 569. The molecule has 6 heteroatoms. The molecule has 1 aromatic rings. The summed E-state index contributed by atoms with van der Waals surface area (Å²) in [5.41, 5.74) is 0.563. The van der Waals surface area contributed by atoms with Gasteiger partial charge >= 0.3 is 0 Å². The van der Waals surface area contributed by atoms with Gasteiger partial charge in [-0.05, 0) is 26.0 Å². The number of rotatable bonds is 3. The number of nitrogens with zero attached hydrogens (tertiary/aromatic N) is 1. The molecule has 1 aliphatic rings. The molecule has 2 rings (SSSR count). The van der Waals surface area contributed by atoms with Crippen LogP contribution in [0.5, 0.6) is 0 Å². The Morgan fingerprint density at radius 3 is 2.68 bits per heavy atom. The smallest absolute Gasteiger partial charge is 0.300 e. The Morgan fingerprint density at radius 2 is 2.05 bits per heavy atom. The highest BCUT2D eigenvalue weighted by Crippen LogP contribution is 2.33. The van der Waals surface area contributed by atoms with E-state index in [2.05, 4.69) is 5.32 Å². The van der Waals surface area contributed by atoms with Crippen LogP contribution < -0.4 is 10.2 Å². The lowest BCUT2D eigenvalue weighted by Crippen LogP contribution is -2.42. The van der Waals surface area contributed by atoms with Crippen molar-refractivity contribution in [2.75, 3.05) is 11.4 Å². The van der Waals surface area contributed by atoms with Crippen molar-refractivity contribution in [2.45, 2.75) is 19.9 Å². The van der Waals surface area contributed by atoms with Crippen molar-refractivity contribution >= 4 is 34.9 Å². The quantitative estimate of drug-likeness (QED) is 0.851. The second kappa shape index (κ2) is 5.01. The van der Waals surface area contributed by atoms with Gasteiger partial charge in [0.25, 0.3) is 11.7 Å². The number of amides is 2. The summed E-state index contributed by atoms with van der Waals surface area (Å²) in [5.74, 6) is -1.70. The van der Waals surface area contributed by atoms with Crippen molar-refractivity contribution in [3.05, 3.63) is 28.8 Å². The lowest BCUT2D eigenvalue weighted by atomic mass is 10.1. The van der Waals surface area contributed by atoms with Crippen LogP contribution in [0.25, 0.3) is 0 Å². The van der Waals surface area contributed by atoms with E-state index in [4.69, 9.17) is 11.6 Å². The summed E-state index contributed by atoms with van der Waals surface area (Å²) in [6, 6.07) is 4.76. The first kappa shape index (κ1) is 13.5. The molecule has 0 aliphatic carbocycles. The minimum Gasteiger partial charge on any atom is -0.352 e. The zero-order chi connectivity index (χ0) is 14.2. The maximum atomic E-state index is 11.9. The molecule has 1 N–H and O–H groups in total. The Balaban J connectivity index is 2.29. The van der Waals surface area contributed by atoms with Gasteiger partial charge in [0.2, 0.25) is 5.91 Å². The van der Waals surface area contributed by atoms with Gasteiger partial charge in [0.05, 0.1) is 16.3 Å². The van der Waals surface area contributed by atoms with Crippen LogP contribution in [0.4, 0.5) is 5.69 Å². The molecular weight excluding hydrogens is 268 g/mol. The van der Waals surface area contributed by atoms with Crippen molar-refractivity contribution in [3.8, 4) is 0 Å². The topological polar surface area (TPSA) is 66.5 Å². The van der Waals surface area contributed by atoms with Crippen LogP contribution in [0.2, 0.25) is 5.02 Å². The molecule has 0 bridgehead atoms. The Kier molecular flexibility index (Phi) is 3.57. The third-order valence-electron chi connectivity index (χ3n) is 2.70. The zero-order valence-corrected chi connectivity index (χ0v) is 11.3. The van der Waals surface area contributed by atoms with E-state index in [-0.39, 0.29) is 29.1 Å². The molecule has 0 saturated carbocycles. The molecule has 5 nitrogen and oxygen atoms in total. The van der Waals surface area contributed by atoms with E-state index in [9.17, 15) is 14.4 Å². The van der Waals surface area contributed by atoms with Crippen LogP contribution in [0.1, 0.15) is 24.2 Å². The summed E-state index contributed by atoms with van der Waals surface area (Å²) in [6.45, 7) is 3.45. The fraction of sp³-hybridized carbons (Fsp3) is 0.308. The summed E-state index contributed by atoms with van der Waals surface area (Å²) in [7, 11) is 0. The van der Waals surface area contributed by atoms with Crippen molar-refractivity contribution in [1.29, 1.82) is 0 Å². The highest BCUT2D eigenvalue weighted by atomic mass is 35.5. The number of hydrogen-bond acceptors (Lipinski definition) is 3. The summed E-state index contributed by atoms with van der Waals surface area (Å²) < 4.78 is 0. The molecule has 0 saturated heterocycles. The van der Waals surface area contributed by atoms with E-state index in [1.165, 1.54) is 0 Å². The fourth-order valence-electron chi connectivity index (χ4n) is 1.97. The predicted octanol–water partition coefficient (Wildman–Crippen LogP) is 1.39. The minimum absolute atomic E-state index is 0.0280. The molecule has 0 radical (unpaired) electrons. The minimum atomic E-state index is -0.720. The van der Waals surface area contributed by atoms with Gasteiger partial charge in [0.15, 0.2) is 0 Å². The third-order valence-corrected chi connectivity index (χ3v) is 3.02. The van der Waals surface area contributed by atoms with Gasteiger partial charge in [0.1, 0.15) is 6.54 Å². The second-order valence-corrected chi connectivity index (χ2v) is 4.98. The molecule has 1 heterocycles. The molecule has 2 amide bonds. The van der Waals surface area contributed by atoms with Gasteiger partial charge in [-0.15, -0.1) is 0 Å². The molecule has 0 unspecified atom stereocenters. The highest BCUT2D eigenvalue weighted by molar-refractivity contribution is 6.55. The van der Waals surface area contributed by atoms with Crippen molar-refractivity contribution in [3.63, 3.8) is 0 Å². The number of hydrogen-bond donors (Lipinski definition) is 1. The second-order valence-electron chi connectivity index (χ2n) is 4.58. The van der Waals surface area contributed by atoms with Crippen LogP contribution >= 0.6 is 11.6 Å². The van der Waals surface area contributed by atoms with Gasteiger partial charge in [-0.3, -0.25) is 19.3 Å². The first-order valence-electron chi connectivity index (χ1n) is 5.86. The fourth-order valence-corrected chi connectivity index (χ4v) is 2.22. The molecular formula is C13H13ClN2O3. The lowest BCUT2D eigenvalue weighted by molar-refractivity contribution is -0.122. The molecule has 1 aliphatic heterocycles. The maximum absolute atomic E-state index is 11.9. The van der Waals surface area contributed by atoms with Crippen LogP contribution in [0.15, 0.2) is 18.2 Å². The summed E-state index contributed by atoms with van der Waals surface area (Å²) in [5, 5.41) is 2.90. The van der Waals surface area contributed by atoms with Crippen molar-refractivity contribution < 1.29 is 14.4 Å².